The average Bonchev–Trinajstić information content (AvgIpc) is 2.69. The average molecular weight is 383 g/mol. The van der Waals surface area contributed by atoms with Gasteiger partial charge in [0.15, 0.2) is 0 Å². The summed E-state index contributed by atoms with van der Waals surface area (Å²) < 4.78 is 5.05. The van der Waals surface area contributed by atoms with Crippen LogP contribution >= 0.6 is 31.9 Å². The molecule has 2 aliphatic rings. The maximum Gasteiger partial charge on any atom is 0.0454 e. The highest BCUT2D eigenvalue weighted by Gasteiger charge is 2.17. The Kier molecular flexibility index (Phi) is 3.86. The first-order valence-corrected chi connectivity index (χ1v) is 8.43. The highest BCUT2D eigenvalue weighted by atomic mass is 79.9. The van der Waals surface area contributed by atoms with Crippen LogP contribution in [-0.2, 0) is 13.0 Å². The number of aromatic nitrogens is 1. The molecule has 100 valence electrons. The Morgan fingerprint density at radius 1 is 1.16 bits per heavy atom. The SMILES string of the molecule is CCCCn1c2c(c3c1=CC=C(Br)C3)C=C(Br)CC=2. The number of rotatable bonds is 3. The first-order valence-electron chi connectivity index (χ1n) is 6.84. The van der Waals surface area contributed by atoms with E-state index < -0.39 is 0 Å². The fourth-order valence-corrected chi connectivity index (χ4v) is 3.66. The summed E-state index contributed by atoms with van der Waals surface area (Å²) in [6, 6.07) is 0. The first kappa shape index (κ1) is 13.4. The predicted molar refractivity (Wildman–Crippen MR) is 89.8 cm³/mol. The van der Waals surface area contributed by atoms with Gasteiger partial charge in [0.05, 0.1) is 0 Å². The molecule has 0 radical (unpaired) electrons. The van der Waals surface area contributed by atoms with E-state index in [2.05, 4.69) is 67.7 Å². The summed E-state index contributed by atoms with van der Waals surface area (Å²) in [6.45, 7) is 3.38. The number of hydrogen-bond donors (Lipinski definition) is 0. The Balaban J connectivity index is 2.23. The van der Waals surface area contributed by atoms with Gasteiger partial charge in [0.1, 0.15) is 0 Å². The van der Waals surface area contributed by atoms with E-state index in [1.54, 1.807) is 0 Å². The molecule has 3 rings (SSSR count). The van der Waals surface area contributed by atoms with Gasteiger partial charge >= 0.3 is 0 Å². The summed E-state index contributed by atoms with van der Waals surface area (Å²) in [5, 5.41) is 2.81. The van der Waals surface area contributed by atoms with Crippen molar-refractivity contribution in [2.24, 2.45) is 0 Å². The second-order valence-electron chi connectivity index (χ2n) is 5.12. The van der Waals surface area contributed by atoms with Crippen molar-refractivity contribution in [3.05, 3.63) is 36.9 Å². The molecule has 1 nitrogen and oxygen atoms in total. The van der Waals surface area contributed by atoms with E-state index in [1.807, 2.05) is 0 Å². The van der Waals surface area contributed by atoms with Gasteiger partial charge in [0.25, 0.3) is 0 Å². The number of halogens is 2. The van der Waals surface area contributed by atoms with E-state index in [4.69, 9.17) is 0 Å². The van der Waals surface area contributed by atoms with E-state index in [9.17, 15) is 0 Å². The van der Waals surface area contributed by atoms with Crippen molar-refractivity contribution in [3.63, 3.8) is 0 Å². The predicted octanol–water partition coefficient (Wildman–Crippen LogP) is 3.82. The van der Waals surface area contributed by atoms with Crippen molar-refractivity contribution in [2.45, 2.75) is 39.2 Å². The van der Waals surface area contributed by atoms with Crippen molar-refractivity contribution in [1.82, 2.24) is 4.57 Å². The molecule has 19 heavy (non-hydrogen) atoms. The van der Waals surface area contributed by atoms with Crippen LogP contribution in [0.3, 0.4) is 0 Å². The topological polar surface area (TPSA) is 4.93 Å². The van der Waals surface area contributed by atoms with Crippen molar-refractivity contribution in [3.8, 4) is 0 Å². The minimum atomic E-state index is 1.01. The van der Waals surface area contributed by atoms with E-state index in [-0.39, 0.29) is 0 Å². The second-order valence-corrected chi connectivity index (χ2v) is 7.16. The molecule has 1 heterocycles. The molecular formula is C16H17Br2N. The van der Waals surface area contributed by atoms with Crippen molar-refractivity contribution in [2.75, 3.05) is 0 Å². The number of nitrogens with zero attached hydrogens (tertiary/aromatic N) is 1. The summed E-state index contributed by atoms with van der Waals surface area (Å²) in [5.74, 6) is 0. The number of unbranched alkanes of at least 4 members (excludes halogenated alkanes) is 1. The Labute approximate surface area is 130 Å². The van der Waals surface area contributed by atoms with Gasteiger partial charge in [-0.05, 0) is 45.6 Å². The van der Waals surface area contributed by atoms with Gasteiger partial charge in [-0.25, -0.2) is 0 Å². The fraction of sp³-hybridized carbons (Fsp3) is 0.375. The van der Waals surface area contributed by atoms with Crippen LogP contribution in [0.2, 0.25) is 0 Å². The van der Waals surface area contributed by atoms with E-state index in [1.165, 1.54) is 43.6 Å². The number of fused-ring (bicyclic) bond motifs is 3. The molecule has 0 bridgehead atoms. The lowest BCUT2D eigenvalue weighted by Gasteiger charge is -2.07. The molecular weight excluding hydrogens is 366 g/mol. The van der Waals surface area contributed by atoms with Gasteiger partial charge < -0.3 is 4.57 Å². The highest BCUT2D eigenvalue weighted by molar-refractivity contribution is 9.12. The molecule has 3 heteroatoms. The van der Waals surface area contributed by atoms with Crippen LogP contribution in [0, 0.1) is 0 Å². The molecule has 0 fully saturated rings. The molecule has 0 saturated carbocycles. The van der Waals surface area contributed by atoms with Gasteiger partial charge in [0.2, 0.25) is 0 Å². The Hall–Kier alpha value is -0.540. The molecule has 0 unspecified atom stereocenters. The first-order chi connectivity index (χ1) is 9.20. The van der Waals surface area contributed by atoms with Crippen molar-refractivity contribution >= 4 is 50.1 Å². The lowest BCUT2D eigenvalue weighted by atomic mass is 10.0. The quantitative estimate of drug-likeness (QED) is 0.748. The van der Waals surface area contributed by atoms with Crippen LogP contribution in [0.5, 0.6) is 0 Å². The number of hydrogen-bond acceptors (Lipinski definition) is 0. The Morgan fingerprint density at radius 3 is 2.79 bits per heavy atom. The molecule has 0 aliphatic heterocycles. The second kappa shape index (κ2) is 5.45. The molecule has 0 spiro atoms. The lowest BCUT2D eigenvalue weighted by Crippen LogP contribution is -2.29. The third kappa shape index (κ3) is 2.43. The van der Waals surface area contributed by atoms with Crippen molar-refractivity contribution < 1.29 is 0 Å². The smallest absolute Gasteiger partial charge is 0.0454 e. The third-order valence-electron chi connectivity index (χ3n) is 3.79. The molecule has 1 aromatic rings. The summed E-state index contributed by atoms with van der Waals surface area (Å²) in [4.78, 5) is 0. The molecule has 2 aliphatic carbocycles. The lowest BCUT2D eigenvalue weighted by molar-refractivity contribution is 0.608. The Bertz CT molecular complexity index is 689. The fourth-order valence-electron chi connectivity index (χ4n) is 2.85. The van der Waals surface area contributed by atoms with E-state index in [0.29, 0.717) is 0 Å². The third-order valence-corrected chi connectivity index (χ3v) is 4.88. The zero-order chi connectivity index (χ0) is 13.4. The van der Waals surface area contributed by atoms with Crippen LogP contribution in [0.25, 0.3) is 18.2 Å². The van der Waals surface area contributed by atoms with Gasteiger partial charge in [-0.1, -0.05) is 51.3 Å². The summed E-state index contributed by atoms with van der Waals surface area (Å²) in [7, 11) is 0. The molecule has 1 aromatic heterocycles. The Morgan fingerprint density at radius 2 is 2.00 bits per heavy atom. The maximum absolute atomic E-state index is 3.65. The largest absolute Gasteiger partial charge is 0.341 e. The van der Waals surface area contributed by atoms with Crippen LogP contribution in [0.4, 0.5) is 0 Å². The molecule has 0 N–H and O–H groups in total. The minimum Gasteiger partial charge on any atom is -0.341 e. The van der Waals surface area contributed by atoms with Gasteiger partial charge in [-0.2, -0.15) is 0 Å². The molecule has 0 saturated heterocycles. The zero-order valence-corrected chi connectivity index (χ0v) is 14.2. The standard InChI is InChI=1S/C16H17Br2N/c1-2-3-8-19-15-6-4-11(17)9-13(15)14-10-12(18)5-7-16(14)19/h4,6-7,10H,2-3,5,8-9H2,1H3. The molecule has 0 amide bonds. The van der Waals surface area contributed by atoms with Gasteiger partial charge in [-0.15, -0.1) is 0 Å². The maximum atomic E-state index is 3.65. The van der Waals surface area contributed by atoms with Gasteiger partial charge in [0, 0.05) is 29.2 Å². The minimum absolute atomic E-state index is 1.01. The highest BCUT2D eigenvalue weighted by Crippen LogP contribution is 2.24. The van der Waals surface area contributed by atoms with Crippen LogP contribution < -0.4 is 10.7 Å². The van der Waals surface area contributed by atoms with Crippen molar-refractivity contribution in [1.29, 1.82) is 0 Å². The van der Waals surface area contributed by atoms with Crippen LogP contribution in [0.1, 0.15) is 37.3 Å². The normalized spacial score (nSPS) is 16.8. The molecule has 0 aromatic carbocycles. The van der Waals surface area contributed by atoms with Crippen LogP contribution in [-0.4, -0.2) is 4.57 Å². The summed E-state index contributed by atoms with van der Waals surface area (Å²) in [6.07, 6.45) is 13.6. The summed E-state index contributed by atoms with van der Waals surface area (Å²) in [5.41, 5.74) is 2.87. The zero-order valence-electron chi connectivity index (χ0n) is 11.0. The molecule has 0 atom stereocenters. The summed E-state index contributed by atoms with van der Waals surface area (Å²) >= 11 is 7.29. The van der Waals surface area contributed by atoms with E-state index in [0.717, 1.165) is 19.4 Å². The monoisotopic (exact) mass is 381 g/mol. The van der Waals surface area contributed by atoms with Gasteiger partial charge in [-0.3, -0.25) is 0 Å². The van der Waals surface area contributed by atoms with Crippen LogP contribution in [0.15, 0.2) is 15.0 Å². The van der Waals surface area contributed by atoms with E-state index >= 15 is 0 Å². The number of allylic oxidation sites excluding steroid dienone is 3.